The van der Waals surface area contributed by atoms with Gasteiger partial charge in [-0.2, -0.15) is 0 Å². The number of carboxylic acids is 1. The summed E-state index contributed by atoms with van der Waals surface area (Å²) in [6.45, 7) is 0.427. The van der Waals surface area contributed by atoms with Gasteiger partial charge in [0, 0.05) is 22.7 Å². The van der Waals surface area contributed by atoms with E-state index in [0.29, 0.717) is 12.1 Å². The molecule has 2 aromatic rings. The maximum atomic E-state index is 10.9. The monoisotopic (exact) mass is 263 g/mol. The van der Waals surface area contributed by atoms with Gasteiger partial charge in [0.05, 0.1) is 6.26 Å². The summed E-state index contributed by atoms with van der Waals surface area (Å²) in [7, 11) is 0. The van der Waals surface area contributed by atoms with Crippen molar-refractivity contribution in [1.82, 2.24) is 0 Å². The third kappa shape index (κ3) is 2.87. The number of benzene rings is 1. The quantitative estimate of drug-likeness (QED) is 0.810. The SMILES string of the molecule is CSc1ccc(NCc2ccoc2C(=O)O)cc1. The van der Waals surface area contributed by atoms with Gasteiger partial charge in [0.15, 0.2) is 0 Å². The molecule has 18 heavy (non-hydrogen) atoms. The number of anilines is 1. The third-order valence-corrected chi connectivity index (χ3v) is 3.26. The van der Waals surface area contributed by atoms with Crippen LogP contribution in [0.15, 0.2) is 45.9 Å². The molecule has 0 radical (unpaired) electrons. The van der Waals surface area contributed by atoms with Crippen molar-refractivity contribution < 1.29 is 14.3 Å². The standard InChI is InChI=1S/C13H13NO3S/c1-18-11-4-2-10(3-5-11)14-8-9-6-7-17-12(9)13(15)16/h2-7,14H,8H2,1H3,(H,15,16). The van der Waals surface area contributed by atoms with E-state index in [1.165, 1.54) is 11.2 Å². The molecule has 0 fully saturated rings. The first-order valence-electron chi connectivity index (χ1n) is 5.38. The van der Waals surface area contributed by atoms with Gasteiger partial charge in [-0.3, -0.25) is 0 Å². The summed E-state index contributed by atoms with van der Waals surface area (Å²) in [6.07, 6.45) is 3.41. The summed E-state index contributed by atoms with van der Waals surface area (Å²) < 4.78 is 4.91. The van der Waals surface area contributed by atoms with Gasteiger partial charge in [0.1, 0.15) is 0 Å². The van der Waals surface area contributed by atoms with Crippen LogP contribution >= 0.6 is 11.8 Å². The van der Waals surface area contributed by atoms with Crippen LogP contribution in [0.4, 0.5) is 5.69 Å². The molecule has 0 aliphatic carbocycles. The van der Waals surface area contributed by atoms with Crippen molar-refractivity contribution in [1.29, 1.82) is 0 Å². The maximum absolute atomic E-state index is 10.9. The molecule has 2 N–H and O–H groups in total. The minimum atomic E-state index is -1.05. The van der Waals surface area contributed by atoms with Crippen molar-refractivity contribution in [2.45, 2.75) is 11.4 Å². The number of hydrogen-bond donors (Lipinski definition) is 2. The topological polar surface area (TPSA) is 62.5 Å². The fourth-order valence-electron chi connectivity index (χ4n) is 1.57. The molecule has 5 heteroatoms. The second-order valence-electron chi connectivity index (χ2n) is 3.66. The molecule has 1 aromatic carbocycles. The van der Waals surface area contributed by atoms with E-state index in [0.717, 1.165) is 5.69 Å². The van der Waals surface area contributed by atoms with Crippen LogP contribution in [-0.2, 0) is 6.54 Å². The Morgan fingerprint density at radius 3 is 2.67 bits per heavy atom. The molecule has 0 atom stereocenters. The highest BCUT2D eigenvalue weighted by molar-refractivity contribution is 7.98. The minimum absolute atomic E-state index is 0.0109. The summed E-state index contributed by atoms with van der Waals surface area (Å²) in [5.41, 5.74) is 1.58. The van der Waals surface area contributed by atoms with Gasteiger partial charge in [-0.1, -0.05) is 0 Å². The molecular formula is C13H13NO3S. The molecule has 0 amide bonds. The smallest absolute Gasteiger partial charge is 0.372 e. The lowest BCUT2D eigenvalue weighted by molar-refractivity contribution is 0.0661. The highest BCUT2D eigenvalue weighted by atomic mass is 32.2. The molecule has 0 aliphatic rings. The lowest BCUT2D eigenvalue weighted by Crippen LogP contribution is -2.04. The molecule has 4 nitrogen and oxygen atoms in total. The Morgan fingerprint density at radius 1 is 1.33 bits per heavy atom. The Morgan fingerprint density at radius 2 is 2.06 bits per heavy atom. The molecule has 0 aliphatic heterocycles. The number of furan rings is 1. The molecule has 2 rings (SSSR count). The molecule has 0 bridgehead atoms. The van der Waals surface area contributed by atoms with Crippen molar-refractivity contribution in [2.24, 2.45) is 0 Å². The molecule has 0 unspecified atom stereocenters. The van der Waals surface area contributed by atoms with Crippen LogP contribution in [0.1, 0.15) is 16.1 Å². The lowest BCUT2D eigenvalue weighted by Gasteiger charge is -2.06. The van der Waals surface area contributed by atoms with Gasteiger partial charge < -0.3 is 14.8 Å². The van der Waals surface area contributed by atoms with Crippen molar-refractivity contribution in [3.05, 3.63) is 47.9 Å². The van der Waals surface area contributed by atoms with E-state index < -0.39 is 5.97 Å². The van der Waals surface area contributed by atoms with Gasteiger partial charge >= 0.3 is 5.97 Å². The fraction of sp³-hybridized carbons (Fsp3) is 0.154. The van der Waals surface area contributed by atoms with E-state index >= 15 is 0 Å². The number of carboxylic acid groups (broad SMARTS) is 1. The minimum Gasteiger partial charge on any atom is -0.475 e. The zero-order valence-corrected chi connectivity index (χ0v) is 10.7. The van der Waals surface area contributed by atoms with Crippen LogP contribution < -0.4 is 5.32 Å². The molecular weight excluding hydrogens is 250 g/mol. The number of hydrogen-bond acceptors (Lipinski definition) is 4. The van der Waals surface area contributed by atoms with E-state index in [1.54, 1.807) is 17.8 Å². The molecule has 0 saturated heterocycles. The molecule has 1 aromatic heterocycles. The largest absolute Gasteiger partial charge is 0.475 e. The third-order valence-electron chi connectivity index (χ3n) is 2.51. The van der Waals surface area contributed by atoms with Crippen LogP contribution in [-0.4, -0.2) is 17.3 Å². The second-order valence-corrected chi connectivity index (χ2v) is 4.54. The van der Waals surface area contributed by atoms with Crippen LogP contribution in [0.5, 0.6) is 0 Å². The highest BCUT2D eigenvalue weighted by Gasteiger charge is 2.13. The van der Waals surface area contributed by atoms with Crippen LogP contribution in [0.3, 0.4) is 0 Å². The average molecular weight is 263 g/mol. The van der Waals surface area contributed by atoms with Crippen molar-refractivity contribution in [2.75, 3.05) is 11.6 Å². The van der Waals surface area contributed by atoms with Gasteiger partial charge in [0.25, 0.3) is 0 Å². The Hall–Kier alpha value is -1.88. The van der Waals surface area contributed by atoms with Gasteiger partial charge in [-0.05, 0) is 36.6 Å². The number of thioether (sulfide) groups is 1. The van der Waals surface area contributed by atoms with Crippen LogP contribution in [0.2, 0.25) is 0 Å². The summed E-state index contributed by atoms with van der Waals surface area (Å²) in [4.78, 5) is 12.0. The van der Waals surface area contributed by atoms with Crippen LogP contribution in [0, 0.1) is 0 Å². The summed E-state index contributed by atoms with van der Waals surface area (Å²) in [5, 5.41) is 12.1. The molecule has 0 spiro atoms. The van der Waals surface area contributed by atoms with E-state index in [1.807, 2.05) is 30.5 Å². The van der Waals surface area contributed by atoms with Gasteiger partial charge in [0.2, 0.25) is 5.76 Å². The van der Waals surface area contributed by atoms with Crippen molar-refractivity contribution in [3.63, 3.8) is 0 Å². The summed E-state index contributed by atoms with van der Waals surface area (Å²) >= 11 is 1.68. The predicted molar refractivity (Wildman–Crippen MR) is 71.2 cm³/mol. The molecule has 0 saturated carbocycles. The van der Waals surface area contributed by atoms with E-state index in [9.17, 15) is 4.79 Å². The van der Waals surface area contributed by atoms with Gasteiger partial charge in [-0.25, -0.2) is 4.79 Å². The number of carbonyl (C=O) groups is 1. The van der Waals surface area contributed by atoms with E-state index in [4.69, 9.17) is 9.52 Å². The maximum Gasteiger partial charge on any atom is 0.372 e. The Bertz CT molecular complexity index is 533. The summed E-state index contributed by atoms with van der Waals surface area (Å²) in [6, 6.07) is 9.62. The van der Waals surface area contributed by atoms with Gasteiger partial charge in [-0.15, -0.1) is 11.8 Å². The summed E-state index contributed by atoms with van der Waals surface area (Å²) in [5.74, 6) is -1.06. The second kappa shape index (κ2) is 5.64. The highest BCUT2D eigenvalue weighted by Crippen LogP contribution is 2.19. The zero-order chi connectivity index (χ0) is 13.0. The van der Waals surface area contributed by atoms with E-state index in [2.05, 4.69) is 5.32 Å². The number of aromatic carboxylic acids is 1. The van der Waals surface area contributed by atoms with Crippen LogP contribution in [0.25, 0.3) is 0 Å². The lowest BCUT2D eigenvalue weighted by atomic mass is 10.2. The number of rotatable bonds is 5. The first-order valence-corrected chi connectivity index (χ1v) is 6.61. The van der Waals surface area contributed by atoms with E-state index in [-0.39, 0.29) is 5.76 Å². The Balaban J connectivity index is 2.02. The van der Waals surface area contributed by atoms with Crippen molar-refractivity contribution >= 4 is 23.4 Å². The fourth-order valence-corrected chi connectivity index (χ4v) is 1.98. The number of nitrogens with one attached hydrogen (secondary N) is 1. The normalized spacial score (nSPS) is 10.3. The average Bonchev–Trinajstić information content (AvgIpc) is 2.85. The molecule has 1 heterocycles. The van der Waals surface area contributed by atoms with Crippen molar-refractivity contribution in [3.8, 4) is 0 Å². The zero-order valence-electron chi connectivity index (χ0n) is 9.84. The molecule has 94 valence electrons. The first kappa shape index (κ1) is 12.6. The predicted octanol–water partition coefficient (Wildman–Crippen LogP) is 3.31. The Kier molecular flexibility index (Phi) is 3.94. The Labute approximate surface area is 109 Å². The first-order chi connectivity index (χ1) is 8.70.